The molecule has 8 heterocycles. The number of nitrogens with one attached hydrogen (secondary N) is 9. The van der Waals surface area contributed by atoms with Crippen LogP contribution in [0.2, 0.25) is 0 Å². The number of fused-ring (bicyclic) bond motifs is 2. The Morgan fingerprint density at radius 3 is 1.60 bits per heavy atom. The minimum Gasteiger partial charge on any atom is -0.351 e. The van der Waals surface area contributed by atoms with E-state index in [4.69, 9.17) is 0 Å². The van der Waals surface area contributed by atoms with Crippen molar-refractivity contribution in [2.24, 2.45) is 48.2 Å². The molecule has 2 aliphatic carbocycles. The molecule has 2 atom stereocenters. The molecule has 1 aliphatic heterocycles. The molecule has 1 saturated heterocycles. The molecule has 9 N–H and O–H groups in total. The number of carbonyl (C=O) groups excluding carboxylic acids is 10. The van der Waals surface area contributed by atoms with E-state index in [0.717, 1.165) is 17.7 Å². The first-order chi connectivity index (χ1) is 43.0. The van der Waals surface area contributed by atoms with Crippen molar-refractivity contribution in [2.45, 2.75) is 31.6 Å². The first-order valence-corrected chi connectivity index (χ1v) is 28.5. The number of likely N-dealkylation sites (tertiary alicyclic amines) is 1. The Labute approximate surface area is 511 Å². The molecule has 1 saturated carbocycles. The van der Waals surface area contributed by atoms with Gasteiger partial charge in [-0.2, -0.15) is 0 Å². The van der Waals surface area contributed by atoms with Gasteiger partial charge in [0, 0.05) is 145 Å². The molecule has 3 aliphatic rings. The molecule has 7 aromatic heterocycles. The summed E-state index contributed by atoms with van der Waals surface area (Å²) in [5, 5.41) is 22.6. The average Bonchev–Trinajstić information content (AvgIpc) is 1.54. The molecule has 0 radical (unpaired) electrons. The van der Waals surface area contributed by atoms with Crippen LogP contribution in [0.5, 0.6) is 0 Å². The Balaban J connectivity index is 0.580. The lowest BCUT2D eigenvalue weighted by molar-refractivity contribution is -0.116. The molecule has 1 spiro atoms. The van der Waals surface area contributed by atoms with E-state index >= 15 is 0 Å². The van der Waals surface area contributed by atoms with Gasteiger partial charge in [0.2, 0.25) is 23.5 Å². The first-order valence-electron chi connectivity index (χ1n) is 28.5. The van der Waals surface area contributed by atoms with E-state index in [9.17, 15) is 47.9 Å². The topological polar surface area (TPSA) is 341 Å². The fraction of sp³-hybridized carbons (Fsp3) is 0.226. The van der Waals surface area contributed by atoms with Gasteiger partial charge in [-0.15, -0.1) is 0 Å². The standard InChI is InChI=1S/C62H60N18O10/c1-32(81)64-50-30-78(6)53(72-50)59(88)68-39-22-47(77(5)29-39)58(87)67-37-20-46(75(3)27-37)57(86)66-36-19-44(74(2)26-36)55(84)63-16-10-13-52(83)71-51-31-79(7)54(73-51)60(89)69-38-21-45(76(4)28-38)56(85)65-35-14-15-42-33(17-35)18-43(70-42)61(90)80-25-34-24-62(34)41-12-9-8-11-40(41)48(82)23-49(62)80/h8-9,11-12,14-15,17-23,26-31,34,70H,10,13,16,24-25H2,1-7H3,(H,63,84)(H,64,81)(H,65,85)(H,66,86)(H,67,87)(H,68,88)(H,69,89)(H,71,83). The number of aromatic nitrogens is 9. The van der Waals surface area contributed by atoms with Crippen LogP contribution >= 0.6 is 0 Å². The highest BCUT2D eigenvalue weighted by atomic mass is 16.2. The van der Waals surface area contributed by atoms with E-state index in [2.05, 4.69) is 57.5 Å². The van der Waals surface area contributed by atoms with Crippen molar-refractivity contribution in [1.29, 1.82) is 0 Å². The van der Waals surface area contributed by atoms with E-state index in [1.165, 1.54) is 66.4 Å². The van der Waals surface area contributed by atoms with Gasteiger partial charge in [-0.25, -0.2) is 9.97 Å². The molecule has 2 aromatic carbocycles. The van der Waals surface area contributed by atoms with Gasteiger partial charge in [-0.3, -0.25) is 47.9 Å². The maximum Gasteiger partial charge on any atom is 0.291 e. The maximum absolute atomic E-state index is 14.0. The van der Waals surface area contributed by atoms with Gasteiger partial charge in [-0.05, 0) is 72.9 Å². The number of imidazole rings is 2. The summed E-state index contributed by atoms with van der Waals surface area (Å²) < 4.78 is 9.02. The number of benzene rings is 2. The Morgan fingerprint density at radius 2 is 1.06 bits per heavy atom. The molecule has 2 fully saturated rings. The number of hydrogen-bond acceptors (Lipinski definition) is 12. The minimum atomic E-state index is -0.605. The van der Waals surface area contributed by atoms with Crippen LogP contribution in [-0.2, 0) is 57.3 Å². The second-order valence-corrected chi connectivity index (χ2v) is 22.6. The molecule has 9 amide bonds. The number of H-pyrrole nitrogens is 1. The van der Waals surface area contributed by atoms with E-state index in [-0.39, 0.29) is 94.4 Å². The van der Waals surface area contributed by atoms with E-state index in [1.807, 2.05) is 24.3 Å². The van der Waals surface area contributed by atoms with Gasteiger partial charge < -0.3 is 79.8 Å². The molecule has 12 rings (SSSR count). The van der Waals surface area contributed by atoms with Crippen molar-refractivity contribution in [2.75, 3.05) is 50.3 Å². The van der Waals surface area contributed by atoms with Crippen molar-refractivity contribution in [1.82, 2.24) is 52.6 Å². The lowest BCUT2D eigenvalue weighted by Crippen LogP contribution is -2.33. The number of carbonyl (C=O) groups is 10. The van der Waals surface area contributed by atoms with E-state index < -0.39 is 41.4 Å². The lowest BCUT2D eigenvalue weighted by atomic mass is 9.81. The molecular formula is C62H60N18O10. The second-order valence-electron chi connectivity index (χ2n) is 22.6. The molecule has 2 unspecified atom stereocenters. The number of ketones is 1. The Kier molecular flexibility index (Phi) is 14.8. The fourth-order valence-corrected chi connectivity index (χ4v) is 11.8. The maximum atomic E-state index is 14.0. The Hall–Kier alpha value is -11.8. The SMILES string of the molecule is CC(=O)Nc1cn(C)c(C(=O)Nc2cc(C(=O)Nc3cc(C(=O)Nc4cc(C(=O)NCCCC(=O)Nc5cn(C)c(C(=O)Nc6cc(C(=O)Nc7ccc8[nH]c(C(=O)N9CC%10CC%10%11C9=CC(=O)c9ccccc9%11)cc8c7)n(C)c6)n5)n(C)c4)n(C)c3)n(C)c2)n1. The van der Waals surface area contributed by atoms with Gasteiger partial charge in [0.1, 0.15) is 28.5 Å². The zero-order valence-corrected chi connectivity index (χ0v) is 49.7. The van der Waals surface area contributed by atoms with Crippen molar-refractivity contribution in [3.8, 4) is 0 Å². The predicted octanol–water partition coefficient (Wildman–Crippen LogP) is 5.85. The summed E-state index contributed by atoms with van der Waals surface area (Å²) in [7, 11) is 9.73. The number of aromatic amines is 1. The molecule has 90 heavy (non-hydrogen) atoms. The van der Waals surface area contributed by atoms with Crippen LogP contribution in [0.3, 0.4) is 0 Å². The average molecular weight is 1220 g/mol. The Morgan fingerprint density at radius 1 is 0.556 bits per heavy atom. The number of allylic oxidation sites excluding steroid dienone is 2. The van der Waals surface area contributed by atoms with Crippen LogP contribution in [0.4, 0.5) is 40.1 Å². The summed E-state index contributed by atoms with van der Waals surface area (Å²) in [6.07, 6.45) is 12.0. The number of piperidine rings is 1. The highest BCUT2D eigenvalue weighted by Gasteiger charge is 2.67. The molecule has 9 aromatic rings. The summed E-state index contributed by atoms with van der Waals surface area (Å²) in [5.41, 5.74) is 5.75. The van der Waals surface area contributed by atoms with Crippen LogP contribution in [0.1, 0.15) is 116 Å². The van der Waals surface area contributed by atoms with Crippen molar-refractivity contribution in [3.05, 3.63) is 173 Å². The van der Waals surface area contributed by atoms with E-state index in [0.29, 0.717) is 57.1 Å². The summed E-state index contributed by atoms with van der Waals surface area (Å²) in [6, 6.07) is 20.6. The molecule has 0 bridgehead atoms. The highest BCUT2D eigenvalue weighted by molar-refractivity contribution is 6.12. The lowest BCUT2D eigenvalue weighted by Gasteiger charge is -2.29. The number of aryl methyl sites for hydroxylation is 6. The molecule has 28 nitrogen and oxygen atoms in total. The van der Waals surface area contributed by atoms with Crippen LogP contribution < -0.4 is 42.5 Å². The second kappa shape index (κ2) is 22.8. The van der Waals surface area contributed by atoms with Crippen molar-refractivity contribution < 1.29 is 47.9 Å². The smallest absolute Gasteiger partial charge is 0.291 e. The summed E-state index contributed by atoms with van der Waals surface area (Å²) >= 11 is 0. The first kappa shape index (κ1) is 58.5. The van der Waals surface area contributed by atoms with Gasteiger partial charge in [0.15, 0.2) is 17.4 Å². The summed E-state index contributed by atoms with van der Waals surface area (Å²) in [5.74, 6) is -3.64. The number of amides is 9. The molecule has 458 valence electrons. The summed E-state index contributed by atoms with van der Waals surface area (Å²) in [4.78, 5) is 145. The van der Waals surface area contributed by atoms with Gasteiger partial charge in [0.05, 0.1) is 22.7 Å². The van der Waals surface area contributed by atoms with Gasteiger partial charge in [-0.1, -0.05) is 24.3 Å². The number of anilines is 7. The third kappa shape index (κ3) is 11.2. The van der Waals surface area contributed by atoms with Gasteiger partial charge >= 0.3 is 0 Å². The van der Waals surface area contributed by atoms with Crippen LogP contribution in [-0.4, -0.2) is 119 Å². The normalized spacial score (nSPS) is 15.3. The van der Waals surface area contributed by atoms with Crippen LogP contribution in [0.25, 0.3) is 10.9 Å². The van der Waals surface area contributed by atoms with Crippen LogP contribution in [0, 0.1) is 5.92 Å². The largest absolute Gasteiger partial charge is 0.351 e. The number of hydrogen-bond donors (Lipinski definition) is 9. The molecule has 28 heteroatoms. The van der Waals surface area contributed by atoms with E-state index in [1.54, 1.807) is 107 Å². The third-order valence-electron chi connectivity index (χ3n) is 16.1. The number of rotatable bonds is 18. The molecular weight excluding hydrogens is 1160 g/mol. The monoisotopic (exact) mass is 1220 g/mol. The quantitative estimate of drug-likeness (QED) is 0.0457. The minimum absolute atomic E-state index is 0.000340. The van der Waals surface area contributed by atoms with Crippen LogP contribution in [0.15, 0.2) is 122 Å². The number of nitrogens with zero attached hydrogens (tertiary/aromatic N) is 9. The zero-order chi connectivity index (χ0) is 63.6. The zero-order valence-electron chi connectivity index (χ0n) is 49.7. The predicted molar refractivity (Wildman–Crippen MR) is 330 cm³/mol. The third-order valence-corrected chi connectivity index (χ3v) is 16.1. The van der Waals surface area contributed by atoms with Gasteiger partial charge in [0.25, 0.3) is 41.4 Å². The van der Waals surface area contributed by atoms with Crippen molar-refractivity contribution >= 4 is 110 Å². The highest BCUT2D eigenvalue weighted by Crippen LogP contribution is 2.66. The van der Waals surface area contributed by atoms with Crippen molar-refractivity contribution in [3.63, 3.8) is 0 Å². The summed E-state index contributed by atoms with van der Waals surface area (Å²) in [6.45, 7) is 1.97. The Bertz CT molecular complexity index is 4590. The fourth-order valence-electron chi connectivity index (χ4n) is 11.8.